The Morgan fingerprint density at radius 3 is 2.35 bits per heavy atom. The number of nitrogens with zero attached hydrogens (tertiary/aromatic N) is 1. The van der Waals surface area contributed by atoms with Gasteiger partial charge in [-0.15, -0.1) is 0 Å². The highest BCUT2D eigenvalue weighted by Crippen LogP contribution is 2.34. The van der Waals surface area contributed by atoms with Crippen molar-refractivity contribution < 1.29 is 26.0 Å². The molecule has 0 amide bonds. The van der Waals surface area contributed by atoms with E-state index in [1.165, 1.54) is 0 Å². The molecule has 0 unspecified atom stereocenters. The molecule has 0 aliphatic rings. The van der Waals surface area contributed by atoms with E-state index < -0.39 is 32.5 Å². The normalized spacial score (nSPS) is 11.8. The fourth-order valence-electron chi connectivity index (χ4n) is 1.83. The van der Waals surface area contributed by atoms with Crippen molar-refractivity contribution in [2.24, 2.45) is 0 Å². The lowest BCUT2D eigenvalue weighted by molar-refractivity contribution is -0.139. The Morgan fingerprint density at radius 2 is 1.74 bits per heavy atom. The van der Waals surface area contributed by atoms with E-state index in [2.05, 4.69) is 0 Å². The van der Waals surface area contributed by atoms with Gasteiger partial charge in [0, 0.05) is 0 Å². The van der Waals surface area contributed by atoms with Gasteiger partial charge in [-0.2, -0.15) is 18.4 Å². The number of rotatable bonds is 3. The number of hydrogen-bond donors (Lipinski definition) is 1. The lowest BCUT2D eigenvalue weighted by atomic mass is 10.2. The molecule has 4 nitrogen and oxygen atoms in total. The van der Waals surface area contributed by atoms with Gasteiger partial charge in [-0.05, 0) is 30.3 Å². The van der Waals surface area contributed by atoms with Gasteiger partial charge in [-0.1, -0.05) is 12.1 Å². The van der Waals surface area contributed by atoms with E-state index >= 15 is 0 Å². The summed E-state index contributed by atoms with van der Waals surface area (Å²) < 4.78 is 78.1. The second-order valence-electron chi connectivity index (χ2n) is 4.40. The quantitative estimate of drug-likeness (QED) is 0.866. The van der Waals surface area contributed by atoms with Gasteiger partial charge in [-0.25, -0.2) is 12.8 Å². The fraction of sp³-hybridized carbons (Fsp3) is 0.0714. The van der Waals surface area contributed by atoms with Crippen molar-refractivity contribution in [1.82, 2.24) is 0 Å². The maximum absolute atomic E-state index is 13.0. The second kappa shape index (κ2) is 5.89. The number of anilines is 1. The summed E-state index contributed by atoms with van der Waals surface area (Å²) in [6.07, 6.45) is -4.87. The van der Waals surface area contributed by atoms with Crippen LogP contribution in [0.4, 0.5) is 23.2 Å². The lowest BCUT2D eigenvalue weighted by Crippen LogP contribution is -2.19. The first-order valence-corrected chi connectivity index (χ1v) is 7.52. The molecule has 0 aromatic heterocycles. The maximum Gasteiger partial charge on any atom is 0.417 e. The zero-order valence-electron chi connectivity index (χ0n) is 11.2. The van der Waals surface area contributed by atoms with Crippen molar-refractivity contribution in [1.29, 1.82) is 5.26 Å². The first kappa shape index (κ1) is 16.8. The van der Waals surface area contributed by atoms with E-state index in [4.69, 9.17) is 5.26 Å². The molecular formula is C14H8F4N2O2S. The van der Waals surface area contributed by atoms with E-state index in [1.807, 2.05) is 4.72 Å². The van der Waals surface area contributed by atoms with Gasteiger partial charge in [-0.3, -0.25) is 4.72 Å². The Kier molecular flexibility index (Phi) is 4.29. The van der Waals surface area contributed by atoms with Crippen molar-refractivity contribution >= 4 is 15.7 Å². The third kappa shape index (κ3) is 3.60. The first-order chi connectivity index (χ1) is 10.6. The van der Waals surface area contributed by atoms with Crippen molar-refractivity contribution in [2.45, 2.75) is 11.1 Å². The number of sulfonamides is 1. The van der Waals surface area contributed by atoms with Crippen LogP contribution in [0.25, 0.3) is 0 Å². The van der Waals surface area contributed by atoms with Gasteiger partial charge in [0.15, 0.2) is 0 Å². The Hall–Kier alpha value is -2.60. The Morgan fingerprint density at radius 1 is 1.09 bits per heavy atom. The Labute approximate surface area is 129 Å². The third-order valence-electron chi connectivity index (χ3n) is 2.83. The molecule has 0 spiro atoms. The molecular weight excluding hydrogens is 336 g/mol. The molecule has 0 bridgehead atoms. The minimum atomic E-state index is -4.87. The topological polar surface area (TPSA) is 70.0 Å². The van der Waals surface area contributed by atoms with Crippen LogP contribution in [0, 0.1) is 17.1 Å². The van der Waals surface area contributed by atoms with E-state index in [0.717, 1.165) is 36.4 Å². The van der Waals surface area contributed by atoms with Crippen LogP contribution in [0.3, 0.4) is 0 Å². The number of halogens is 4. The highest BCUT2D eigenvalue weighted by molar-refractivity contribution is 7.92. The van der Waals surface area contributed by atoms with Gasteiger partial charge < -0.3 is 0 Å². The van der Waals surface area contributed by atoms with E-state index in [0.29, 0.717) is 6.07 Å². The van der Waals surface area contributed by atoms with Crippen LogP contribution in [-0.2, 0) is 16.2 Å². The molecule has 120 valence electrons. The molecule has 0 saturated carbocycles. The highest BCUT2D eigenvalue weighted by atomic mass is 32.2. The van der Waals surface area contributed by atoms with Crippen molar-refractivity contribution in [3.63, 3.8) is 0 Å². The van der Waals surface area contributed by atoms with Crippen LogP contribution in [0.2, 0.25) is 0 Å². The van der Waals surface area contributed by atoms with Crippen LogP contribution in [-0.4, -0.2) is 8.42 Å². The molecule has 2 rings (SSSR count). The summed E-state index contributed by atoms with van der Waals surface area (Å²) >= 11 is 0. The van der Waals surface area contributed by atoms with Crippen LogP contribution in [0.5, 0.6) is 0 Å². The molecule has 23 heavy (non-hydrogen) atoms. The molecule has 2 aromatic carbocycles. The summed E-state index contributed by atoms with van der Waals surface area (Å²) in [5.74, 6) is -0.778. The molecule has 0 aliphatic carbocycles. The molecule has 9 heteroatoms. The number of hydrogen-bond acceptors (Lipinski definition) is 3. The summed E-state index contributed by atoms with van der Waals surface area (Å²) in [6, 6.07) is 7.80. The van der Waals surface area contributed by atoms with Crippen molar-refractivity contribution in [3.05, 3.63) is 59.4 Å². The maximum atomic E-state index is 13.0. The predicted octanol–water partition coefficient (Wildman–Crippen LogP) is 3.52. The van der Waals surface area contributed by atoms with Crippen molar-refractivity contribution in [3.8, 4) is 6.07 Å². The lowest BCUT2D eigenvalue weighted by Gasteiger charge is -2.14. The van der Waals surface area contributed by atoms with Crippen LogP contribution < -0.4 is 4.72 Å². The predicted molar refractivity (Wildman–Crippen MR) is 73.4 cm³/mol. The average molecular weight is 344 g/mol. The molecule has 0 atom stereocenters. The molecule has 1 N–H and O–H groups in total. The van der Waals surface area contributed by atoms with Gasteiger partial charge in [0.25, 0.3) is 10.0 Å². The zero-order valence-corrected chi connectivity index (χ0v) is 12.0. The minimum Gasteiger partial charge on any atom is -0.278 e. The summed E-state index contributed by atoms with van der Waals surface area (Å²) in [5, 5.41) is 8.86. The Balaban J connectivity index is 2.52. The SMILES string of the molecule is N#Cc1cc(F)ccc1NS(=O)(=O)c1ccccc1C(F)(F)F. The standard InChI is InChI=1S/C14H8F4N2O2S/c15-10-5-6-12(9(7-10)8-19)20-23(21,22)13-4-2-1-3-11(13)14(16,17)18/h1-7,20H. The molecule has 2 aromatic rings. The average Bonchev–Trinajstić information content (AvgIpc) is 2.48. The molecule has 0 radical (unpaired) electrons. The molecule has 0 saturated heterocycles. The van der Waals surface area contributed by atoms with Gasteiger partial charge >= 0.3 is 6.18 Å². The number of nitrogens with one attached hydrogen (secondary N) is 1. The second-order valence-corrected chi connectivity index (χ2v) is 6.05. The van der Waals surface area contributed by atoms with E-state index in [-0.39, 0.29) is 11.3 Å². The summed E-state index contributed by atoms with van der Waals surface area (Å²) in [7, 11) is -4.62. The number of alkyl halides is 3. The summed E-state index contributed by atoms with van der Waals surface area (Å²) in [4.78, 5) is -0.985. The zero-order chi connectivity index (χ0) is 17.3. The first-order valence-electron chi connectivity index (χ1n) is 6.04. The third-order valence-corrected chi connectivity index (χ3v) is 4.25. The number of benzene rings is 2. The summed E-state index contributed by atoms with van der Waals surface area (Å²) in [5.41, 5.74) is -2.00. The van der Waals surface area contributed by atoms with E-state index in [1.54, 1.807) is 6.07 Å². The van der Waals surface area contributed by atoms with E-state index in [9.17, 15) is 26.0 Å². The fourth-order valence-corrected chi connectivity index (χ4v) is 3.14. The largest absolute Gasteiger partial charge is 0.417 e. The van der Waals surface area contributed by atoms with Crippen LogP contribution in [0.1, 0.15) is 11.1 Å². The van der Waals surface area contributed by atoms with Crippen molar-refractivity contribution in [2.75, 3.05) is 4.72 Å². The number of nitriles is 1. The highest BCUT2D eigenvalue weighted by Gasteiger charge is 2.37. The van der Waals surface area contributed by atoms with Crippen LogP contribution in [0.15, 0.2) is 47.4 Å². The van der Waals surface area contributed by atoms with Crippen LogP contribution >= 0.6 is 0 Å². The molecule has 0 heterocycles. The van der Waals surface area contributed by atoms with Gasteiger partial charge in [0.1, 0.15) is 11.9 Å². The minimum absolute atomic E-state index is 0.314. The van der Waals surface area contributed by atoms with Gasteiger partial charge in [0.05, 0.1) is 21.7 Å². The molecule has 0 aliphatic heterocycles. The molecule has 0 fully saturated rings. The Bertz CT molecular complexity index is 886. The smallest absolute Gasteiger partial charge is 0.278 e. The summed E-state index contributed by atoms with van der Waals surface area (Å²) in [6.45, 7) is 0. The monoisotopic (exact) mass is 344 g/mol. The van der Waals surface area contributed by atoms with Gasteiger partial charge in [0.2, 0.25) is 0 Å².